The number of carbonyl (C=O) groups excluding carboxylic acids is 1. The Balaban J connectivity index is 1.66. The van der Waals surface area contributed by atoms with Crippen LogP contribution in [0.15, 0.2) is 65.2 Å². The quantitative estimate of drug-likeness (QED) is 0.255. The fraction of sp³-hybridized carbons (Fsp3) is 0.333. The van der Waals surface area contributed by atoms with E-state index in [1.165, 1.54) is 11.1 Å². The van der Waals surface area contributed by atoms with Gasteiger partial charge in [-0.05, 0) is 71.8 Å². The number of hydrogen-bond acceptors (Lipinski definition) is 5. The normalized spacial score (nSPS) is 13.3. The van der Waals surface area contributed by atoms with Gasteiger partial charge in [0, 0.05) is 19.6 Å². The molecule has 2 heterocycles. The molecule has 0 spiro atoms. The number of aryl methyl sites for hydroxylation is 1. The van der Waals surface area contributed by atoms with Crippen LogP contribution in [-0.4, -0.2) is 42.8 Å². The molecule has 4 aromatic rings. The van der Waals surface area contributed by atoms with Crippen LogP contribution in [0.1, 0.15) is 58.1 Å². The summed E-state index contributed by atoms with van der Waals surface area (Å²) in [5, 5.41) is 6.85. The number of nitrogens with one attached hydrogen (secondary N) is 1. The number of carbonyl (C=O) groups is 1. The van der Waals surface area contributed by atoms with Crippen LogP contribution in [0.5, 0.6) is 5.75 Å². The fourth-order valence-electron chi connectivity index (χ4n) is 5.34. The van der Waals surface area contributed by atoms with Gasteiger partial charge in [-0.15, -0.1) is 0 Å². The molecule has 3 aromatic carbocycles. The largest absolute Gasteiger partial charge is 0.488 e. The molecule has 0 bridgehead atoms. The van der Waals surface area contributed by atoms with Crippen LogP contribution in [0.25, 0.3) is 22.5 Å². The zero-order valence-corrected chi connectivity index (χ0v) is 23.6. The summed E-state index contributed by atoms with van der Waals surface area (Å²) in [7, 11) is 2.11. The number of hydrogen-bond donors (Lipinski definition) is 1. The fourth-order valence-corrected chi connectivity index (χ4v) is 5.34. The first-order chi connectivity index (χ1) is 19.4. The molecule has 1 amide bonds. The van der Waals surface area contributed by atoms with E-state index in [1.54, 1.807) is 0 Å². The highest BCUT2D eigenvalue weighted by Gasteiger charge is 2.28. The Morgan fingerprint density at radius 3 is 2.67 bits per heavy atom. The number of fused-ring (bicyclic) bond motifs is 1. The van der Waals surface area contributed by atoms with E-state index < -0.39 is 12.6 Å². The van der Waals surface area contributed by atoms with Crippen LogP contribution >= 0.6 is 0 Å². The van der Waals surface area contributed by atoms with E-state index in [9.17, 15) is 9.18 Å². The molecule has 0 atom stereocenters. The Morgan fingerprint density at radius 2 is 1.93 bits per heavy atom. The zero-order valence-electron chi connectivity index (χ0n) is 23.6. The maximum atomic E-state index is 13.2. The maximum Gasteiger partial charge on any atom is 0.274 e. The first kappa shape index (κ1) is 27.6. The highest BCUT2D eigenvalue weighted by molar-refractivity contribution is 6.02. The van der Waals surface area contributed by atoms with Gasteiger partial charge in [-0.3, -0.25) is 4.79 Å². The Morgan fingerprint density at radius 1 is 1.12 bits per heavy atom. The molecule has 0 fully saturated rings. The van der Waals surface area contributed by atoms with Crippen LogP contribution in [0.4, 0.5) is 4.39 Å². The van der Waals surface area contributed by atoms with E-state index in [1.807, 2.05) is 42.5 Å². The van der Waals surface area contributed by atoms with Gasteiger partial charge in [0.1, 0.15) is 19.0 Å². The van der Waals surface area contributed by atoms with Gasteiger partial charge in [0.25, 0.3) is 5.91 Å². The minimum atomic E-state index is -0.661. The Bertz CT molecular complexity index is 1500. The molecule has 0 saturated heterocycles. The third-order valence-corrected chi connectivity index (χ3v) is 7.46. The van der Waals surface area contributed by atoms with E-state index >= 15 is 0 Å². The van der Waals surface area contributed by atoms with Gasteiger partial charge in [0.15, 0.2) is 11.5 Å². The molecule has 0 aliphatic carbocycles. The van der Waals surface area contributed by atoms with Crippen LogP contribution in [0.3, 0.4) is 0 Å². The minimum absolute atomic E-state index is 0.0928. The number of likely N-dealkylation sites (N-methyl/N-ethyl adjacent to an activating group) is 1. The Kier molecular flexibility index (Phi) is 8.31. The molecule has 6 nitrogen and oxygen atoms in total. The van der Waals surface area contributed by atoms with Crippen molar-refractivity contribution in [2.75, 3.05) is 26.8 Å². The predicted octanol–water partition coefficient (Wildman–Crippen LogP) is 6.71. The third kappa shape index (κ3) is 5.80. The third-order valence-electron chi connectivity index (χ3n) is 7.46. The van der Waals surface area contributed by atoms with E-state index in [0.717, 1.165) is 47.3 Å². The number of nitrogens with zero attached hydrogens (tertiary/aromatic N) is 2. The molecule has 1 aromatic heterocycles. The first-order valence-corrected chi connectivity index (χ1v) is 13.8. The Hall–Kier alpha value is -3.97. The van der Waals surface area contributed by atoms with Gasteiger partial charge in [-0.1, -0.05) is 67.5 Å². The van der Waals surface area contributed by atoms with Crippen molar-refractivity contribution in [3.63, 3.8) is 0 Å². The second kappa shape index (κ2) is 12.0. The number of alkyl halides is 1. The molecule has 5 rings (SSSR count). The maximum absolute atomic E-state index is 13.2. The molecular formula is C33H36FN3O3. The lowest BCUT2D eigenvalue weighted by molar-refractivity contribution is 0.0942. The molecular weight excluding hydrogens is 505 g/mol. The number of aromatic nitrogens is 1. The predicted molar refractivity (Wildman–Crippen MR) is 155 cm³/mol. The van der Waals surface area contributed by atoms with E-state index in [0.29, 0.717) is 23.7 Å². The smallest absolute Gasteiger partial charge is 0.274 e. The summed E-state index contributed by atoms with van der Waals surface area (Å²) in [6, 6.07) is 20.4. The summed E-state index contributed by atoms with van der Waals surface area (Å²) < 4.78 is 25.3. The van der Waals surface area contributed by atoms with Gasteiger partial charge < -0.3 is 19.5 Å². The molecule has 0 saturated carbocycles. The van der Waals surface area contributed by atoms with Crippen molar-refractivity contribution in [3.8, 4) is 28.2 Å². The number of rotatable bonds is 9. The molecule has 1 aliphatic rings. The van der Waals surface area contributed by atoms with Crippen molar-refractivity contribution in [2.24, 2.45) is 0 Å². The van der Waals surface area contributed by atoms with Gasteiger partial charge in [-0.25, -0.2) is 4.39 Å². The van der Waals surface area contributed by atoms with Crippen molar-refractivity contribution in [1.29, 1.82) is 0 Å². The molecule has 1 aliphatic heterocycles. The second-order valence-electron chi connectivity index (χ2n) is 10.8. The van der Waals surface area contributed by atoms with Gasteiger partial charge in [-0.2, -0.15) is 0 Å². The van der Waals surface area contributed by atoms with Crippen molar-refractivity contribution in [2.45, 2.75) is 46.3 Å². The Labute approximate surface area is 235 Å². The van der Waals surface area contributed by atoms with Crippen molar-refractivity contribution >= 4 is 5.91 Å². The van der Waals surface area contributed by atoms with Crippen LogP contribution in [-0.2, 0) is 19.6 Å². The number of amides is 1. The second-order valence-corrected chi connectivity index (χ2v) is 10.8. The molecule has 208 valence electrons. The van der Waals surface area contributed by atoms with E-state index in [4.69, 9.17) is 9.26 Å². The molecule has 0 radical (unpaired) electrons. The van der Waals surface area contributed by atoms with Gasteiger partial charge in [0.05, 0.1) is 11.1 Å². The summed E-state index contributed by atoms with van der Waals surface area (Å²) in [4.78, 5) is 15.5. The molecule has 7 heteroatoms. The lowest BCUT2D eigenvalue weighted by Crippen LogP contribution is -2.27. The van der Waals surface area contributed by atoms with E-state index in [2.05, 4.69) is 61.4 Å². The van der Waals surface area contributed by atoms with Gasteiger partial charge in [0.2, 0.25) is 0 Å². The van der Waals surface area contributed by atoms with Crippen molar-refractivity contribution in [1.82, 2.24) is 15.4 Å². The van der Waals surface area contributed by atoms with E-state index in [-0.39, 0.29) is 18.2 Å². The SMILES string of the molecule is Cc1cc(OCc2ccccc2)c(-c2onc(C(=O)NCCF)c2-c2ccc3c(c2)CCN(C)C3)cc1C(C)C. The zero-order chi connectivity index (χ0) is 28.2. The summed E-state index contributed by atoms with van der Waals surface area (Å²) in [5.74, 6) is 0.908. The van der Waals surface area contributed by atoms with Crippen LogP contribution < -0.4 is 10.1 Å². The summed E-state index contributed by atoms with van der Waals surface area (Å²) in [5.41, 5.74) is 8.11. The first-order valence-electron chi connectivity index (χ1n) is 13.8. The van der Waals surface area contributed by atoms with Gasteiger partial charge >= 0.3 is 0 Å². The lowest BCUT2D eigenvalue weighted by Gasteiger charge is -2.25. The molecule has 0 unspecified atom stereocenters. The van der Waals surface area contributed by atoms with Crippen LogP contribution in [0.2, 0.25) is 0 Å². The van der Waals surface area contributed by atoms with Crippen LogP contribution in [0, 0.1) is 6.92 Å². The summed E-state index contributed by atoms with van der Waals surface area (Å²) in [6.07, 6.45) is 0.914. The van der Waals surface area contributed by atoms with Crippen molar-refractivity contribution in [3.05, 3.63) is 94.2 Å². The number of ether oxygens (including phenoxy) is 1. The standard InChI is InChI=1S/C33H36FN3O3/c1-21(2)27-18-28(29(16-22(27)3)39-20-23-8-6-5-7-9-23)32-30(31(36-40-32)33(38)35-14-13-34)25-10-11-26-19-37(4)15-12-24(26)17-25/h5-11,16-18,21H,12-15,19-20H2,1-4H3,(H,35,38). The highest BCUT2D eigenvalue weighted by Crippen LogP contribution is 2.43. The number of benzene rings is 3. The monoisotopic (exact) mass is 541 g/mol. The topological polar surface area (TPSA) is 67.6 Å². The average Bonchev–Trinajstić information content (AvgIpc) is 3.40. The average molecular weight is 542 g/mol. The van der Waals surface area contributed by atoms with Crippen molar-refractivity contribution < 1.29 is 18.4 Å². The minimum Gasteiger partial charge on any atom is -0.488 e. The summed E-state index contributed by atoms with van der Waals surface area (Å²) in [6.45, 7) is 7.84. The molecule has 40 heavy (non-hydrogen) atoms. The molecule has 1 N–H and O–H groups in total. The lowest BCUT2D eigenvalue weighted by atomic mass is 9.90. The highest BCUT2D eigenvalue weighted by atomic mass is 19.1. The summed E-state index contributed by atoms with van der Waals surface area (Å²) >= 11 is 0. The number of halogens is 1.